The largest absolute Gasteiger partial charge is 0.478 e. The molecule has 5 heteroatoms. The molecule has 2 rings (SSSR count). The Morgan fingerprint density at radius 3 is 2.71 bits per heavy atom. The highest BCUT2D eigenvalue weighted by Gasteiger charge is 2.07. The Hall–Kier alpha value is -1.72. The lowest BCUT2D eigenvalue weighted by molar-refractivity contribution is -0.131. The number of carboxylic acid groups (broad SMARTS) is 1. The van der Waals surface area contributed by atoms with Crippen molar-refractivity contribution in [3.63, 3.8) is 0 Å². The van der Waals surface area contributed by atoms with Crippen molar-refractivity contribution in [2.45, 2.75) is 4.90 Å². The molecule has 0 radical (unpaired) electrons. The first-order valence-corrected chi connectivity index (χ1v) is 8.13. The minimum Gasteiger partial charge on any atom is -0.478 e. The van der Waals surface area contributed by atoms with Crippen molar-refractivity contribution in [1.29, 1.82) is 0 Å². The number of aliphatic carboxylic acids is 1. The molecule has 0 fully saturated rings. The Kier molecular flexibility index (Phi) is 5.47. The number of rotatable bonds is 5. The first kappa shape index (κ1) is 15.7. The van der Waals surface area contributed by atoms with E-state index in [1.807, 2.05) is 48.7 Å². The Morgan fingerprint density at radius 2 is 2.00 bits per heavy atom. The summed E-state index contributed by atoms with van der Waals surface area (Å²) in [5.74, 6) is 0.361. The molecule has 0 aliphatic heterocycles. The number of hydrogen-bond acceptors (Lipinski definition) is 3. The third-order valence-electron chi connectivity index (χ3n) is 2.67. The minimum atomic E-state index is -0.995. The monoisotopic (exact) mass is 364 g/mol. The molecule has 0 bridgehead atoms. The van der Waals surface area contributed by atoms with Gasteiger partial charge in [-0.3, -0.25) is 0 Å². The zero-order chi connectivity index (χ0) is 15.2. The van der Waals surface area contributed by atoms with Crippen LogP contribution in [0.25, 0.3) is 6.08 Å². The molecule has 0 aromatic heterocycles. The Morgan fingerprint density at radius 1 is 1.24 bits per heavy atom. The van der Waals surface area contributed by atoms with Gasteiger partial charge >= 0.3 is 5.97 Å². The number of para-hydroxylation sites is 1. The summed E-state index contributed by atoms with van der Waals surface area (Å²) in [4.78, 5) is 11.7. The summed E-state index contributed by atoms with van der Waals surface area (Å²) >= 11 is 4.97. The summed E-state index contributed by atoms with van der Waals surface area (Å²) in [6.07, 6.45) is 4.59. The normalized spacial score (nSPS) is 10.8. The maximum Gasteiger partial charge on any atom is 0.328 e. The molecule has 0 aliphatic rings. The topological polar surface area (TPSA) is 46.5 Å². The second-order valence-electron chi connectivity index (χ2n) is 4.11. The van der Waals surface area contributed by atoms with Crippen LogP contribution >= 0.6 is 27.7 Å². The number of carboxylic acids is 1. The molecule has 0 heterocycles. The quantitative estimate of drug-likeness (QED) is 0.594. The minimum absolute atomic E-state index is 0.609. The molecule has 0 atom stereocenters. The first-order valence-electron chi connectivity index (χ1n) is 6.11. The molecular weight excluding hydrogens is 352 g/mol. The molecule has 3 nitrogen and oxygen atoms in total. The highest BCUT2D eigenvalue weighted by molar-refractivity contribution is 9.10. The van der Waals surface area contributed by atoms with Crippen molar-refractivity contribution in [2.24, 2.45) is 0 Å². The molecule has 0 unspecified atom stereocenters. The maximum atomic E-state index is 10.7. The second kappa shape index (κ2) is 7.33. The van der Waals surface area contributed by atoms with Crippen molar-refractivity contribution in [3.05, 3.63) is 58.6 Å². The summed E-state index contributed by atoms with van der Waals surface area (Å²) in [6.45, 7) is 0. The van der Waals surface area contributed by atoms with Gasteiger partial charge < -0.3 is 9.84 Å². The third-order valence-corrected chi connectivity index (χ3v) is 3.94. The highest BCUT2D eigenvalue weighted by atomic mass is 79.9. The molecule has 1 N–H and O–H groups in total. The van der Waals surface area contributed by atoms with E-state index in [2.05, 4.69) is 15.9 Å². The van der Waals surface area contributed by atoms with Crippen molar-refractivity contribution < 1.29 is 14.6 Å². The van der Waals surface area contributed by atoms with Gasteiger partial charge in [-0.15, -0.1) is 11.8 Å². The van der Waals surface area contributed by atoms with E-state index >= 15 is 0 Å². The van der Waals surface area contributed by atoms with E-state index in [-0.39, 0.29) is 0 Å². The van der Waals surface area contributed by atoms with Gasteiger partial charge in [0.05, 0.1) is 0 Å². The summed E-state index contributed by atoms with van der Waals surface area (Å²) in [7, 11) is 0. The average Bonchev–Trinajstić information content (AvgIpc) is 2.48. The van der Waals surface area contributed by atoms with Crippen LogP contribution in [0.15, 0.2) is 57.9 Å². The van der Waals surface area contributed by atoms with E-state index in [4.69, 9.17) is 9.84 Å². The zero-order valence-corrected chi connectivity index (χ0v) is 13.6. The van der Waals surface area contributed by atoms with Gasteiger partial charge in [-0.25, -0.2) is 4.79 Å². The van der Waals surface area contributed by atoms with Gasteiger partial charge in [0.2, 0.25) is 0 Å². The van der Waals surface area contributed by atoms with Gasteiger partial charge in [-0.1, -0.05) is 28.1 Å². The van der Waals surface area contributed by atoms with Crippen LogP contribution in [0.5, 0.6) is 11.5 Å². The van der Waals surface area contributed by atoms with Gasteiger partial charge in [0.1, 0.15) is 11.5 Å². The molecule has 0 aliphatic carbocycles. The Labute approximate surface area is 135 Å². The van der Waals surface area contributed by atoms with E-state index in [0.717, 1.165) is 21.2 Å². The lowest BCUT2D eigenvalue weighted by Crippen LogP contribution is -1.91. The number of carbonyl (C=O) groups is 1. The fourth-order valence-electron chi connectivity index (χ4n) is 1.73. The standard InChI is InChI=1S/C16H13BrO3S/c1-21-15-5-3-2-4-14(15)20-13-8-7-12(17)10-11(13)6-9-16(18)19/h2-10H,1H3,(H,18,19)/b9-6+. The lowest BCUT2D eigenvalue weighted by atomic mass is 10.2. The van der Waals surface area contributed by atoms with Gasteiger partial charge in [-0.05, 0) is 42.7 Å². The molecule has 2 aromatic rings. The average molecular weight is 365 g/mol. The van der Waals surface area contributed by atoms with Gasteiger partial charge in [0.15, 0.2) is 0 Å². The summed E-state index contributed by atoms with van der Waals surface area (Å²) in [6, 6.07) is 13.2. The SMILES string of the molecule is CSc1ccccc1Oc1ccc(Br)cc1/C=C/C(=O)O. The van der Waals surface area contributed by atoms with E-state index in [9.17, 15) is 4.79 Å². The van der Waals surface area contributed by atoms with Crippen LogP contribution in [0.2, 0.25) is 0 Å². The summed E-state index contributed by atoms with van der Waals surface area (Å²) in [5, 5.41) is 8.76. The van der Waals surface area contributed by atoms with Crippen LogP contribution < -0.4 is 4.74 Å². The van der Waals surface area contributed by atoms with Crippen molar-refractivity contribution >= 4 is 39.7 Å². The predicted octanol–water partition coefficient (Wildman–Crippen LogP) is 5.06. The maximum absolute atomic E-state index is 10.7. The lowest BCUT2D eigenvalue weighted by Gasteiger charge is -2.12. The molecule has 0 saturated heterocycles. The molecule has 108 valence electrons. The van der Waals surface area contributed by atoms with Crippen LogP contribution in [0.3, 0.4) is 0 Å². The van der Waals surface area contributed by atoms with E-state index < -0.39 is 5.97 Å². The van der Waals surface area contributed by atoms with E-state index in [1.165, 1.54) is 6.08 Å². The zero-order valence-electron chi connectivity index (χ0n) is 11.2. The molecule has 0 spiro atoms. The fraction of sp³-hybridized carbons (Fsp3) is 0.0625. The Bertz CT molecular complexity index is 683. The fourth-order valence-corrected chi connectivity index (χ4v) is 2.63. The van der Waals surface area contributed by atoms with Crippen LogP contribution in [-0.4, -0.2) is 17.3 Å². The van der Waals surface area contributed by atoms with E-state index in [1.54, 1.807) is 11.8 Å². The predicted molar refractivity (Wildman–Crippen MR) is 89.1 cm³/mol. The molecule has 0 saturated carbocycles. The molecule has 0 amide bonds. The van der Waals surface area contributed by atoms with Gasteiger partial charge in [0, 0.05) is 21.0 Å². The van der Waals surface area contributed by atoms with Crippen LogP contribution in [-0.2, 0) is 4.79 Å². The number of benzene rings is 2. The van der Waals surface area contributed by atoms with Gasteiger partial charge in [-0.2, -0.15) is 0 Å². The van der Waals surface area contributed by atoms with Crippen LogP contribution in [0.1, 0.15) is 5.56 Å². The number of ether oxygens (including phenoxy) is 1. The number of thioether (sulfide) groups is 1. The first-order chi connectivity index (χ1) is 10.1. The van der Waals surface area contributed by atoms with Crippen molar-refractivity contribution in [1.82, 2.24) is 0 Å². The van der Waals surface area contributed by atoms with Gasteiger partial charge in [0.25, 0.3) is 0 Å². The van der Waals surface area contributed by atoms with Crippen molar-refractivity contribution in [3.8, 4) is 11.5 Å². The molecule has 2 aromatic carbocycles. The number of hydrogen-bond donors (Lipinski definition) is 1. The Balaban J connectivity index is 2.37. The highest BCUT2D eigenvalue weighted by Crippen LogP contribution is 2.34. The summed E-state index contributed by atoms with van der Waals surface area (Å²) < 4.78 is 6.79. The third kappa shape index (κ3) is 4.37. The summed E-state index contributed by atoms with van der Waals surface area (Å²) in [5.41, 5.74) is 0.697. The second-order valence-corrected chi connectivity index (χ2v) is 5.87. The van der Waals surface area contributed by atoms with Crippen LogP contribution in [0, 0.1) is 0 Å². The smallest absolute Gasteiger partial charge is 0.328 e. The number of halogens is 1. The molecule has 21 heavy (non-hydrogen) atoms. The van der Waals surface area contributed by atoms with Crippen LogP contribution in [0.4, 0.5) is 0 Å². The van der Waals surface area contributed by atoms with Crippen molar-refractivity contribution in [2.75, 3.05) is 6.26 Å². The van der Waals surface area contributed by atoms with E-state index in [0.29, 0.717) is 11.3 Å². The molecular formula is C16H13BrO3S.